The molecule has 0 aromatic heterocycles. The van der Waals surface area contributed by atoms with Gasteiger partial charge in [-0.2, -0.15) is 0 Å². The molecule has 3 saturated carbocycles. The van der Waals surface area contributed by atoms with Gasteiger partial charge in [-0.05, 0) is 44.1 Å². The third-order valence-electron chi connectivity index (χ3n) is 9.23. The minimum absolute atomic E-state index is 0.0447. The van der Waals surface area contributed by atoms with Gasteiger partial charge >= 0.3 is 0 Å². The maximum absolute atomic E-state index is 13.5. The number of ether oxygens (including phenoxy) is 1. The molecule has 1 heterocycles. The van der Waals surface area contributed by atoms with E-state index >= 15 is 0 Å². The number of hydrogen-bond acceptors (Lipinski definition) is 8. The Kier molecular flexibility index (Phi) is 5.39. The summed E-state index contributed by atoms with van der Waals surface area (Å²) in [5, 5.41) is 68.5. The Morgan fingerprint density at radius 3 is 2.41 bits per heavy atom. The molecule has 4 rings (SSSR count). The van der Waals surface area contributed by atoms with Crippen molar-refractivity contribution in [3.63, 3.8) is 0 Å². The SMILES string of the molecule is C=C(C)[C@]1(O)C[C@@H](C)[C@@]2(O)C(C3O[C@]3(CO)[C@@H](O)[C@]3(O)C(=O)[C@@H](C)C(C/C=C\C)C23)[C@H]1O. The number of hydrogen-bond donors (Lipinski definition) is 6. The minimum Gasteiger partial charge on any atom is -0.393 e. The van der Waals surface area contributed by atoms with E-state index in [9.17, 15) is 35.4 Å². The van der Waals surface area contributed by atoms with Crippen molar-refractivity contribution in [3.05, 3.63) is 24.3 Å². The number of rotatable bonds is 4. The molecule has 0 radical (unpaired) electrons. The van der Waals surface area contributed by atoms with Gasteiger partial charge in [0.25, 0.3) is 0 Å². The standard InChI is InChI=1S/C24H36O8/c1-6-7-8-14-13(5)17(26)24(31)16(14)23(30)12(4)9-21(29,11(2)3)18(27)15(23)19-22(10-25,32-19)20(24)28/h6-7,12-16,18-20,25,27-31H,2,8-10H2,1,3-5H3/b7-6-/t12-,13+,14?,15?,16?,18-,19?,20-,21-,22+,23-,24-/m1/s1. The highest BCUT2D eigenvalue weighted by atomic mass is 16.6. The summed E-state index contributed by atoms with van der Waals surface area (Å²) in [4.78, 5) is 13.5. The minimum atomic E-state index is -2.38. The van der Waals surface area contributed by atoms with E-state index in [2.05, 4.69) is 6.58 Å². The summed E-state index contributed by atoms with van der Waals surface area (Å²) in [7, 11) is 0. The zero-order valence-electron chi connectivity index (χ0n) is 19.1. The smallest absolute Gasteiger partial charge is 0.170 e. The zero-order valence-corrected chi connectivity index (χ0v) is 19.1. The highest BCUT2D eigenvalue weighted by Gasteiger charge is 2.84. The number of ketones is 1. The first-order valence-corrected chi connectivity index (χ1v) is 11.4. The van der Waals surface area contributed by atoms with Crippen LogP contribution in [-0.4, -0.2) is 83.7 Å². The topological polar surface area (TPSA) is 151 Å². The second-order valence-corrected chi connectivity index (χ2v) is 10.6. The summed E-state index contributed by atoms with van der Waals surface area (Å²) in [5.41, 5.74) is -7.37. The molecule has 12 atom stereocenters. The molecule has 32 heavy (non-hydrogen) atoms. The van der Waals surface area contributed by atoms with Gasteiger partial charge in [0.2, 0.25) is 0 Å². The van der Waals surface area contributed by atoms with E-state index in [0.29, 0.717) is 12.0 Å². The Bertz CT molecular complexity index is 857. The summed E-state index contributed by atoms with van der Waals surface area (Å²) in [6.45, 7) is 9.90. The van der Waals surface area contributed by atoms with Crippen LogP contribution in [0.15, 0.2) is 24.3 Å². The first-order valence-electron chi connectivity index (χ1n) is 11.4. The monoisotopic (exact) mass is 452 g/mol. The molecule has 180 valence electrons. The fraction of sp³-hybridized carbons (Fsp3) is 0.792. The molecule has 0 spiro atoms. The molecule has 0 aromatic carbocycles. The largest absolute Gasteiger partial charge is 0.393 e. The molecule has 4 fully saturated rings. The van der Waals surface area contributed by atoms with Gasteiger partial charge in [0, 0.05) is 17.8 Å². The Labute approximate surface area is 188 Å². The van der Waals surface area contributed by atoms with Crippen LogP contribution in [0.1, 0.15) is 40.5 Å². The molecular formula is C24H36O8. The summed E-state index contributed by atoms with van der Waals surface area (Å²) in [6.07, 6.45) is -0.396. The Balaban J connectivity index is 1.98. The molecule has 0 bridgehead atoms. The van der Waals surface area contributed by atoms with Crippen LogP contribution in [0.4, 0.5) is 0 Å². The maximum Gasteiger partial charge on any atom is 0.170 e. The third-order valence-corrected chi connectivity index (χ3v) is 9.23. The van der Waals surface area contributed by atoms with Crippen LogP contribution in [0.25, 0.3) is 0 Å². The predicted octanol–water partition coefficient (Wildman–Crippen LogP) is -0.306. The van der Waals surface area contributed by atoms with E-state index in [0.717, 1.165) is 0 Å². The molecule has 6 N–H and O–H groups in total. The molecule has 1 saturated heterocycles. The molecule has 8 nitrogen and oxygen atoms in total. The molecule has 4 aliphatic rings. The van der Waals surface area contributed by atoms with Crippen molar-refractivity contribution in [1.82, 2.24) is 0 Å². The van der Waals surface area contributed by atoms with Gasteiger partial charge in [-0.15, -0.1) is 0 Å². The normalized spacial score (nSPS) is 57.0. The Morgan fingerprint density at radius 1 is 1.25 bits per heavy atom. The number of carbonyl (C=O) groups excluding carboxylic acids is 1. The van der Waals surface area contributed by atoms with E-state index in [4.69, 9.17) is 4.74 Å². The Morgan fingerprint density at radius 2 is 1.88 bits per heavy atom. The van der Waals surface area contributed by atoms with Crippen LogP contribution in [0.2, 0.25) is 0 Å². The van der Waals surface area contributed by atoms with Gasteiger partial charge in [-0.1, -0.05) is 32.6 Å². The summed E-state index contributed by atoms with van der Waals surface area (Å²) in [6, 6.07) is 0. The first-order chi connectivity index (χ1) is 14.8. The maximum atomic E-state index is 13.5. The first kappa shape index (κ1) is 24.0. The van der Waals surface area contributed by atoms with Crippen molar-refractivity contribution < 1.29 is 40.2 Å². The number of carbonyl (C=O) groups is 1. The second kappa shape index (κ2) is 7.18. The van der Waals surface area contributed by atoms with Crippen LogP contribution in [0.5, 0.6) is 0 Å². The molecule has 8 heteroatoms. The molecule has 0 aromatic rings. The van der Waals surface area contributed by atoms with Crippen LogP contribution < -0.4 is 0 Å². The van der Waals surface area contributed by atoms with Gasteiger partial charge < -0.3 is 35.4 Å². The summed E-state index contributed by atoms with van der Waals surface area (Å²) < 4.78 is 5.72. The van der Waals surface area contributed by atoms with Gasteiger partial charge in [-0.3, -0.25) is 4.79 Å². The quantitative estimate of drug-likeness (QED) is 0.251. The van der Waals surface area contributed by atoms with Crippen molar-refractivity contribution in [2.45, 2.75) is 81.3 Å². The van der Waals surface area contributed by atoms with Gasteiger partial charge in [0.05, 0.1) is 18.3 Å². The molecule has 1 aliphatic heterocycles. The fourth-order valence-electron chi connectivity index (χ4n) is 7.33. The molecule has 0 amide bonds. The predicted molar refractivity (Wildman–Crippen MR) is 114 cm³/mol. The average molecular weight is 453 g/mol. The van der Waals surface area contributed by atoms with E-state index in [-0.39, 0.29) is 6.42 Å². The van der Waals surface area contributed by atoms with E-state index in [1.165, 1.54) is 0 Å². The van der Waals surface area contributed by atoms with Gasteiger partial charge in [-0.25, -0.2) is 0 Å². The lowest BCUT2D eigenvalue weighted by Gasteiger charge is -2.58. The van der Waals surface area contributed by atoms with Crippen LogP contribution in [-0.2, 0) is 9.53 Å². The second-order valence-electron chi connectivity index (χ2n) is 10.6. The zero-order chi connectivity index (χ0) is 24.0. The average Bonchev–Trinajstić information content (AvgIpc) is 3.43. The number of allylic oxidation sites excluding steroid dienone is 2. The fourth-order valence-corrected chi connectivity index (χ4v) is 7.33. The third kappa shape index (κ3) is 2.54. The summed E-state index contributed by atoms with van der Waals surface area (Å²) >= 11 is 0. The Hall–Kier alpha value is -1.13. The number of epoxide rings is 1. The molecular weight excluding hydrogens is 416 g/mol. The van der Waals surface area contributed by atoms with Crippen molar-refractivity contribution in [2.75, 3.05) is 6.61 Å². The number of aliphatic hydroxyl groups is 6. The van der Waals surface area contributed by atoms with Crippen LogP contribution in [0.3, 0.4) is 0 Å². The van der Waals surface area contributed by atoms with E-state index < -0.39 is 82.7 Å². The lowest BCUT2D eigenvalue weighted by molar-refractivity contribution is -0.261. The molecule has 3 aliphatic carbocycles. The lowest BCUT2D eigenvalue weighted by Crippen LogP contribution is -2.71. The molecule has 4 unspecified atom stereocenters. The van der Waals surface area contributed by atoms with Crippen molar-refractivity contribution in [1.29, 1.82) is 0 Å². The lowest BCUT2D eigenvalue weighted by atomic mass is 9.53. The highest BCUT2D eigenvalue weighted by Crippen LogP contribution is 2.67. The summed E-state index contributed by atoms with van der Waals surface area (Å²) in [5.74, 6) is -4.80. The van der Waals surface area contributed by atoms with E-state index in [1.54, 1.807) is 20.8 Å². The highest BCUT2D eigenvalue weighted by molar-refractivity contribution is 5.93. The van der Waals surface area contributed by atoms with Gasteiger partial charge in [0.1, 0.15) is 23.4 Å². The van der Waals surface area contributed by atoms with E-state index in [1.807, 2.05) is 19.1 Å². The van der Waals surface area contributed by atoms with Crippen LogP contribution >= 0.6 is 0 Å². The van der Waals surface area contributed by atoms with Gasteiger partial charge in [0.15, 0.2) is 11.4 Å². The van der Waals surface area contributed by atoms with Crippen molar-refractivity contribution in [2.24, 2.45) is 29.6 Å². The van der Waals surface area contributed by atoms with Crippen LogP contribution in [0, 0.1) is 29.6 Å². The van der Waals surface area contributed by atoms with Crippen molar-refractivity contribution >= 4 is 5.78 Å². The number of fused-ring (bicyclic) bond motifs is 5. The van der Waals surface area contributed by atoms with Crippen molar-refractivity contribution in [3.8, 4) is 0 Å². The number of aliphatic hydroxyl groups excluding tert-OH is 3. The number of Topliss-reactive ketones (excluding diaryl/α,β-unsaturated/α-hetero) is 1.